The first-order valence-corrected chi connectivity index (χ1v) is 15.1. The summed E-state index contributed by atoms with van der Waals surface area (Å²) in [4.78, 5) is 59.6. The normalized spacial score (nSPS) is 25.1. The van der Waals surface area contributed by atoms with Gasteiger partial charge in [-0.1, -0.05) is 12.2 Å². The molecule has 1 saturated heterocycles. The molecule has 0 saturated carbocycles. The van der Waals surface area contributed by atoms with Crippen LogP contribution in [0.15, 0.2) is 6.33 Å². The van der Waals surface area contributed by atoms with Crippen LogP contribution in [0.5, 0.6) is 0 Å². The van der Waals surface area contributed by atoms with Crippen molar-refractivity contribution in [1.29, 1.82) is 0 Å². The number of aryl methyl sites for hydroxylation is 1. The van der Waals surface area contributed by atoms with Crippen LogP contribution in [-0.2, 0) is 36.3 Å². The highest BCUT2D eigenvalue weighted by Crippen LogP contribution is 2.66. The molecule has 6 unspecified atom stereocenters. The molecule has 1 fully saturated rings. The van der Waals surface area contributed by atoms with E-state index in [0.29, 0.717) is 5.82 Å². The van der Waals surface area contributed by atoms with Gasteiger partial charge in [0.15, 0.2) is 18.0 Å². The molecule has 0 radical (unpaired) electrons. The number of hydrogen-bond acceptors (Lipinski definition) is 14. The van der Waals surface area contributed by atoms with Gasteiger partial charge in [0.25, 0.3) is 0 Å². The molecule has 2 aromatic heterocycles. The number of carbonyl (C=O) groups is 1. The summed E-state index contributed by atoms with van der Waals surface area (Å²) >= 11 is 5.22. The Morgan fingerprint density at radius 1 is 1.26 bits per heavy atom. The third-order valence-electron chi connectivity index (χ3n) is 4.61. The lowest BCUT2D eigenvalue weighted by molar-refractivity contribution is -0.0522. The number of aliphatic hydroxyl groups is 1. The van der Waals surface area contributed by atoms with E-state index in [1.54, 1.807) is 6.92 Å². The molecule has 9 N–H and O–H groups in total. The number of phosphoric acid groups is 3. The Balaban J connectivity index is 1.84. The van der Waals surface area contributed by atoms with Gasteiger partial charge in [0.2, 0.25) is 0 Å². The van der Waals surface area contributed by atoms with E-state index in [4.69, 9.17) is 37.2 Å². The summed E-state index contributed by atoms with van der Waals surface area (Å²) in [6.07, 6.45) is -5.85. The molecule has 1 aliphatic heterocycles. The standard InChI is InChI=1S/C14H23N6O14P3S/c1-6-18-11-8(12(38)19-6)17-5-20(11)13-10(32-14(22)16-3-2-15)9(21)7(31-13)4-30-36(26,27)34-37(28,29)33-35(23,24)25/h5,7,9-10,13,21H,2-4,15H2,1H3,(H,16,22)(H,26,27)(H,28,29)(H,18,19,38)(H2,23,24,25). The minimum absolute atomic E-state index is 0.0343. The van der Waals surface area contributed by atoms with Gasteiger partial charge in [-0.25, -0.2) is 28.5 Å². The van der Waals surface area contributed by atoms with E-state index in [2.05, 4.69) is 33.4 Å². The highest BCUT2D eigenvalue weighted by atomic mass is 32.1. The van der Waals surface area contributed by atoms with E-state index in [-0.39, 0.29) is 28.9 Å². The first-order chi connectivity index (χ1) is 17.5. The molecule has 214 valence electrons. The van der Waals surface area contributed by atoms with Crippen LogP contribution in [0.25, 0.3) is 11.2 Å². The number of nitrogens with two attached hydrogens (primary N) is 1. The molecule has 24 heteroatoms. The number of amides is 1. The molecule has 20 nitrogen and oxygen atoms in total. The van der Waals surface area contributed by atoms with E-state index in [1.807, 2.05) is 0 Å². The van der Waals surface area contributed by atoms with Gasteiger partial charge in [-0.15, -0.1) is 0 Å². The third-order valence-corrected chi connectivity index (χ3v) is 8.71. The predicted octanol–water partition coefficient (Wildman–Crippen LogP) is -0.548. The number of nitrogens with zero attached hydrogens (tertiary/aromatic N) is 3. The van der Waals surface area contributed by atoms with Gasteiger partial charge in [0, 0.05) is 13.1 Å². The fraction of sp³-hybridized carbons (Fsp3) is 0.571. The molecule has 1 aliphatic rings. The largest absolute Gasteiger partial charge is 0.490 e. The van der Waals surface area contributed by atoms with Crippen LogP contribution >= 0.6 is 35.7 Å². The second kappa shape index (κ2) is 11.8. The van der Waals surface area contributed by atoms with E-state index >= 15 is 0 Å². The Labute approximate surface area is 217 Å². The Hall–Kier alpha value is -1.67. The maximum Gasteiger partial charge on any atom is 0.490 e. The number of rotatable bonds is 11. The number of aromatic amines is 1. The minimum atomic E-state index is -5.77. The molecule has 3 rings (SSSR count). The van der Waals surface area contributed by atoms with Gasteiger partial charge in [-0.3, -0.25) is 9.09 Å². The highest BCUT2D eigenvalue weighted by molar-refractivity contribution is 7.71. The lowest BCUT2D eigenvalue weighted by Crippen LogP contribution is -2.40. The van der Waals surface area contributed by atoms with Crippen molar-refractivity contribution in [3.63, 3.8) is 0 Å². The number of ether oxygens (including phenoxy) is 2. The number of hydrogen-bond donors (Lipinski definition) is 8. The second-order valence-corrected chi connectivity index (χ2v) is 12.3. The van der Waals surface area contributed by atoms with Crippen LogP contribution in [0.3, 0.4) is 0 Å². The maximum absolute atomic E-state index is 12.2. The summed E-state index contributed by atoms with van der Waals surface area (Å²) in [7, 11) is -16.9. The minimum Gasteiger partial charge on any atom is -0.439 e. The van der Waals surface area contributed by atoms with Crippen LogP contribution in [0, 0.1) is 11.6 Å². The molecule has 0 bridgehead atoms. The molecule has 0 spiro atoms. The van der Waals surface area contributed by atoms with Crippen molar-refractivity contribution in [2.45, 2.75) is 31.5 Å². The Kier molecular flexibility index (Phi) is 9.61. The average Bonchev–Trinajstić information content (AvgIpc) is 3.29. The van der Waals surface area contributed by atoms with E-state index in [0.717, 1.165) is 0 Å². The quantitative estimate of drug-likeness (QED) is 0.115. The molecular weight excluding hydrogens is 601 g/mol. The molecular formula is C14H23N6O14P3S. The van der Waals surface area contributed by atoms with Gasteiger partial charge in [-0.2, -0.15) is 8.62 Å². The van der Waals surface area contributed by atoms with Crippen LogP contribution < -0.4 is 11.1 Å². The predicted molar refractivity (Wildman–Crippen MR) is 125 cm³/mol. The molecule has 0 aromatic carbocycles. The van der Waals surface area contributed by atoms with E-state index in [1.165, 1.54) is 10.9 Å². The van der Waals surface area contributed by atoms with Crippen molar-refractivity contribution >= 4 is 52.9 Å². The van der Waals surface area contributed by atoms with Gasteiger partial charge >= 0.3 is 29.6 Å². The number of aromatic nitrogens is 4. The van der Waals surface area contributed by atoms with Crippen molar-refractivity contribution in [3.8, 4) is 0 Å². The SMILES string of the molecule is Cc1nc2c(ncn2C2OC(COP(=O)(O)OP(=O)(O)OP(=O)(O)O)C(O)C2OC(=O)NCCN)c(=S)[nH]1. The molecule has 6 atom stereocenters. The van der Waals surface area contributed by atoms with E-state index in [9.17, 15) is 33.4 Å². The fourth-order valence-electron chi connectivity index (χ4n) is 3.24. The number of phosphoric ester groups is 1. The number of fused-ring (bicyclic) bond motifs is 1. The van der Waals surface area contributed by atoms with Crippen LogP contribution in [0.4, 0.5) is 4.79 Å². The highest BCUT2D eigenvalue weighted by Gasteiger charge is 2.49. The number of alkyl carbamates (subject to hydrolysis) is 1. The third kappa shape index (κ3) is 7.93. The average molecular weight is 624 g/mol. The summed E-state index contributed by atoms with van der Waals surface area (Å²) < 4.78 is 58.7. The smallest absolute Gasteiger partial charge is 0.439 e. The zero-order valence-corrected chi connectivity index (χ0v) is 22.6. The summed E-state index contributed by atoms with van der Waals surface area (Å²) in [5.74, 6) is 0.394. The van der Waals surface area contributed by atoms with Crippen LogP contribution in [0.2, 0.25) is 0 Å². The van der Waals surface area contributed by atoms with Crippen molar-refractivity contribution in [2.24, 2.45) is 5.73 Å². The summed E-state index contributed by atoms with van der Waals surface area (Å²) in [6, 6.07) is 0. The Bertz CT molecular complexity index is 1380. The zero-order valence-electron chi connectivity index (χ0n) is 19.1. The monoisotopic (exact) mass is 624 g/mol. The molecule has 0 aliphatic carbocycles. The lowest BCUT2D eigenvalue weighted by Gasteiger charge is -2.22. The number of H-pyrrole nitrogens is 1. The molecule has 3 heterocycles. The van der Waals surface area contributed by atoms with Gasteiger partial charge in [0.05, 0.1) is 12.9 Å². The number of nitrogens with one attached hydrogen (secondary N) is 2. The van der Waals surface area contributed by atoms with Crippen molar-refractivity contribution < 1.29 is 65.8 Å². The van der Waals surface area contributed by atoms with Crippen LogP contribution in [-0.4, -0.2) is 88.3 Å². The van der Waals surface area contributed by atoms with Crippen molar-refractivity contribution in [3.05, 3.63) is 16.8 Å². The molecule has 2 aromatic rings. The Morgan fingerprint density at radius 2 is 1.95 bits per heavy atom. The molecule has 38 heavy (non-hydrogen) atoms. The van der Waals surface area contributed by atoms with Crippen LogP contribution in [0.1, 0.15) is 12.1 Å². The zero-order chi connectivity index (χ0) is 28.5. The summed E-state index contributed by atoms with van der Waals surface area (Å²) in [6.45, 7) is 0.715. The number of imidazole rings is 1. The van der Waals surface area contributed by atoms with Gasteiger partial charge in [-0.05, 0) is 6.92 Å². The van der Waals surface area contributed by atoms with Crippen molar-refractivity contribution in [2.75, 3.05) is 19.7 Å². The fourth-order valence-corrected chi connectivity index (χ4v) is 6.56. The maximum atomic E-state index is 12.2. The molecule has 1 amide bonds. The summed E-state index contributed by atoms with van der Waals surface area (Å²) in [5.41, 5.74) is 5.76. The lowest BCUT2D eigenvalue weighted by atomic mass is 10.1. The Morgan fingerprint density at radius 3 is 2.58 bits per heavy atom. The first-order valence-electron chi connectivity index (χ1n) is 10.2. The van der Waals surface area contributed by atoms with Gasteiger partial charge in [0.1, 0.15) is 28.2 Å². The van der Waals surface area contributed by atoms with Crippen molar-refractivity contribution in [1.82, 2.24) is 24.8 Å². The van der Waals surface area contributed by atoms with E-state index < -0.39 is 60.7 Å². The summed E-state index contributed by atoms with van der Waals surface area (Å²) in [5, 5.41) is 13.1. The van der Waals surface area contributed by atoms with Gasteiger partial charge < -0.3 is 50.2 Å². The second-order valence-electron chi connectivity index (χ2n) is 7.50. The number of carbonyl (C=O) groups excluding carboxylic acids is 1. The topological polar surface area (TPSA) is 300 Å². The number of aliphatic hydroxyl groups excluding tert-OH is 1. The first kappa shape index (κ1) is 30.9.